The van der Waals surface area contributed by atoms with Gasteiger partial charge in [-0.05, 0) is 31.0 Å². The highest BCUT2D eigenvalue weighted by atomic mass is 16.5. The third kappa shape index (κ3) is 2.65. The van der Waals surface area contributed by atoms with Gasteiger partial charge in [-0.15, -0.1) is 0 Å². The first-order valence-corrected chi connectivity index (χ1v) is 5.80. The van der Waals surface area contributed by atoms with Crippen LogP contribution in [0.5, 0.6) is 0 Å². The number of benzene rings is 1. The molecule has 94 valence electrons. The van der Waals surface area contributed by atoms with Crippen molar-refractivity contribution in [3.63, 3.8) is 0 Å². The summed E-state index contributed by atoms with van der Waals surface area (Å²) < 4.78 is 5.04. The molecule has 0 aliphatic carbocycles. The maximum Gasteiger partial charge on any atom is 0.157 e. The van der Waals surface area contributed by atoms with Crippen LogP contribution in [0.15, 0.2) is 24.3 Å². The van der Waals surface area contributed by atoms with Crippen LogP contribution in [0.2, 0.25) is 0 Å². The van der Waals surface area contributed by atoms with Crippen molar-refractivity contribution in [1.82, 2.24) is 9.97 Å². The lowest BCUT2D eigenvalue weighted by Gasteiger charge is -2.07. The predicted octanol–water partition coefficient (Wildman–Crippen LogP) is 2.49. The molecular formula is C14H17N3O. The number of nitrogen functional groups attached to an aromatic ring is 1. The van der Waals surface area contributed by atoms with E-state index < -0.39 is 0 Å². The van der Waals surface area contributed by atoms with E-state index in [1.165, 1.54) is 11.1 Å². The van der Waals surface area contributed by atoms with E-state index in [-0.39, 0.29) is 0 Å². The molecule has 0 bridgehead atoms. The van der Waals surface area contributed by atoms with Crippen LogP contribution in [0.3, 0.4) is 0 Å². The Morgan fingerprint density at radius 1 is 1.11 bits per heavy atom. The fourth-order valence-electron chi connectivity index (χ4n) is 1.76. The van der Waals surface area contributed by atoms with Crippen LogP contribution in [0.4, 0.5) is 5.82 Å². The number of aromatic nitrogens is 2. The summed E-state index contributed by atoms with van der Waals surface area (Å²) >= 11 is 0. The molecule has 2 N–H and O–H groups in total. The molecule has 0 spiro atoms. The minimum Gasteiger partial charge on any atom is -0.384 e. The number of hydrogen-bond acceptors (Lipinski definition) is 4. The molecule has 0 atom stereocenters. The van der Waals surface area contributed by atoms with Crippen LogP contribution in [0.25, 0.3) is 11.3 Å². The number of aryl methyl sites for hydroxylation is 2. The molecule has 0 radical (unpaired) electrons. The predicted molar refractivity (Wildman–Crippen MR) is 72.1 cm³/mol. The fourth-order valence-corrected chi connectivity index (χ4v) is 1.76. The summed E-state index contributed by atoms with van der Waals surface area (Å²) in [5.74, 6) is 1.07. The molecule has 2 aromatic rings. The molecule has 1 heterocycles. The standard InChI is InChI=1S/C14H17N3O/c1-9-4-5-11(6-10(9)2)12-7-13(15)17-14(16-12)8-18-3/h4-7H,8H2,1-3H3,(H2,15,16,17). The highest BCUT2D eigenvalue weighted by Gasteiger charge is 2.06. The molecule has 0 saturated heterocycles. The van der Waals surface area contributed by atoms with E-state index in [0.29, 0.717) is 18.2 Å². The monoisotopic (exact) mass is 243 g/mol. The van der Waals surface area contributed by atoms with Gasteiger partial charge in [0.2, 0.25) is 0 Å². The van der Waals surface area contributed by atoms with Crippen molar-refractivity contribution >= 4 is 5.82 Å². The second kappa shape index (κ2) is 5.14. The van der Waals surface area contributed by atoms with E-state index in [1.54, 1.807) is 13.2 Å². The Morgan fingerprint density at radius 2 is 1.89 bits per heavy atom. The molecular weight excluding hydrogens is 226 g/mol. The Bertz CT molecular complexity index is 567. The molecule has 0 saturated carbocycles. The van der Waals surface area contributed by atoms with E-state index in [0.717, 1.165) is 11.3 Å². The zero-order valence-corrected chi connectivity index (χ0v) is 10.9. The molecule has 4 heteroatoms. The third-order valence-electron chi connectivity index (χ3n) is 2.87. The van der Waals surface area contributed by atoms with Gasteiger partial charge < -0.3 is 10.5 Å². The van der Waals surface area contributed by atoms with Gasteiger partial charge in [-0.1, -0.05) is 12.1 Å². The van der Waals surface area contributed by atoms with Gasteiger partial charge in [0.05, 0.1) is 5.69 Å². The van der Waals surface area contributed by atoms with Crippen molar-refractivity contribution in [2.24, 2.45) is 0 Å². The van der Waals surface area contributed by atoms with E-state index in [1.807, 2.05) is 6.07 Å². The zero-order chi connectivity index (χ0) is 13.1. The van der Waals surface area contributed by atoms with Crippen LogP contribution in [-0.4, -0.2) is 17.1 Å². The van der Waals surface area contributed by atoms with Gasteiger partial charge in [0, 0.05) is 18.7 Å². The number of ether oxygens (including phenoxy) is 1. The quantitative estimate of drug-likeness (QED) is 0.899. The highest BCUT2D eigenvalue weighted by Crippen LogP contribution is 2.21. The average Bonchev–Trinajstić information content (AvgIpc) is 2.32. The lowest BCUT2D eigenvalue weighted by atomic mass is 10.0. The highest BCUT2D eigenvalue weighted by molar-refractivity contribution is 5.63. The van der Waals surface area contributed by atoms with Gasteiger partial charge >= 0.3 is 0 Å². The molecule has 0 amide bonds. The number of anilines is 1. The van der Waals surface area contributed by atoms with Crippen molar-refractivity contribution < 1.29 is 4.74 Å². The van der Waals surface area contributed by atoms with E-state index in [2.05, 4.69) is 35.9 Å². The minimum absolute atomic E-state index is 0.364. The molecule has 0 aliphatic rings. The molecule has 1 aromatic heterocycles. The number of rotatable bonds is 3. The van der Waals surface area contributed by atoms with Gasteiger partial charge in [0.15, 0.2) is 5.82 Å². The Labute approximate surface area is 107 Å². The first kappa shape index (κ1) is 12.5. The van der Waals surface area contributed by atoms with E-state index in [4.69, 9.17) is 10.5 Å². The first-order chi connectivity index (χ1) is 8.60. The summed E-state index contributed by atoms with van der Waals surface area (Å²) in [6.07, 6.45) is 0. The summed E-state index contributed by atoms with van der Waals surface area (Å²) in [6.45, 7) is 4.53. The van der Waals surface area contributed by atoms with Crippen molar-refractivity contribution in [3.05, 3.63) is 41.2 Å². The normalized spacial score (nSPS) is 10.6. The Hall–Kier alpha value is -1.94. The van der Waals surface area contributed by atoms with Crippen LogP contribution >= 0.6 is 0 Å². The average molecular weight is 243 g/mol. The largest absolute Gasteiger partial charge is 0.384 e. The molecule has 0 unspecified atom stereocenters. The second-order valence-corrected chi connectivity index (χ2v) is 4.33. The SMILES string of the molecule is COCc1nc(N)cc(-c2ccc(C)c(C)c2)n1. The topological polar surface area (TPSA) is 61.0 Å². The van der Waals surface area contributed by atoms with Crippen molar-refractivity contribution in [2.75, 3.05) is 12.8 Å². The van der Waals surface area contributed by atoms with E-state index in [9.17, 15) is 0 Å². The fraction of sp³-hybridized carbons (Fsp3) is 0.286. The molecule has 0 fully saturated rings. The van der Waals surface area contributed by atoms with E-state index >= 15 is 0 Å². The van der Waals surface area contributed by atoms with Gasteiger partial charge in [0.1, 0.15) is 12.4 Å². The summed E-state index contributed by atoms with van der Waals surface area (Å²) in [6, 6.07) is 8.01. The summed E-state index contributed by atoms with van der Waals surface area (Å²) in [4.78, 5) is 8.58. The lowest BCUT2D eigenvalue weighted by Crippen LogP contribution is -2.02. The Balaban J connectivity index is 2.46. The Kier molecular flexibility index (Phi) is 3.58. The van der Waals surface area contributed by atoms with Crippen LogP contribution in [-0.2, 0) is 11.3 Å². The lowest BCUT2D eigenvalue weighted by molar-refractivity contribution is 0.178. The van der Waals surface area contributed by atoms with Crippen LogP contribution < -0.4 is 5.73 Å². The molecule has 1 aromatic carbocycles. The van der Waals surface area contributed by atoms with Gasteiger partial charge in [-0.3, -0.25) is 0 Å². The van der Waals surface area contributed by atoms with Gasteiger partial charge in [0.25, 0.3) is 0 Å². The van der Waals surface area contributed by atoms with Gasteiger partial charge in [-0.2, -0.15) is 0 Å². The first-order valence-electron chi connectivity index (χ1n) is 5.80. The van der Waals surface area contributed by atoms with Gasteiger partial charge in [-0.25, -0.2) is 9.97 Å². The molecule has 4 nitrogen and oxygen atoms in total. The number of nitrogens with zero attached hydrogens (tertiary/aromatic N) is 2. The summed E-state index contributed by atoms with van der Waals surface area (Å²) in [5, 5.41) is 0. The Morgan fingerprint density at radius 3 is 2.56 bits per heavy atom. The molecule has 0 aliphatic heterocycles. The molecule has 2 rings (SSSR count). The van der Waals surface area contributed by atoms with Crippen molar-refractivity contribution in [2.45, 2.75) is 20.5 Å². The number of methoxy groups -OCH3 is 1. The zero-order valence-electron chi connectivity index (χ0n) is 10.9. The van der Waals surface area contributed by atoms with Crippen molar-refractivity contribution in [1.29, 1.82) is 0 Å². The molecule has 18 heavy (non-hydrogen) atoms. The maximum atomic E-state index is 5.79. The van der Waals surface area contributed by atoms with Crippen LogP contribution in [0.1, 0.15) is 17.0 Å². The second-order valence-electron chi connectivity index (χ2n) is 4.33. The van der Waals surface area contributed by atoms with Crippen molar-refractivity contribution in [3.8, 4) is 11.3 Å². The number of hydrogen-bond donors (Lipinski definition) is 1. The van der Waals surface area contributed by atoms with Crippen LogP contribution in [0, 0.1) is 13.8 Å². The minimum atomic E-state index is 0.364. The smallest absolute Gasteiger partial charge is 0.157 e. The number of nitrogens with two attached hydrogens (primary N) is 1. The third-order valence-corrected chi connectivity index (χ3v) is 2.87. The summed E-state index contributed by atoms with van der Waals surface area (Å²) in [5.41, 5.74) is 10.2. The summed E-state index contributed by atoms with van der Waals surface area (Å²) in [7, 11) is 1.61. The maximum absolute atomic E-state index is 5.79.